The molecule has 1 unspecified atom stereocenters. The van der Waals surface area contributed by atoms with Gasteiger partial charge in [-0.05, 0) is 36.2 Å². The Morgan fingerprint density at radius 3 is 2.72 bits per heavy atom. The summed E-state index contributed by atoms with van der Waals surface area (Å²) in [6.45, 7) is 4.72. The molecule has 2 aromatic carbocycles. The molecular formula is C20H23N3O2. The number of aromatic nitrogens is 1. The summed E-state index contributed by atoms with van der Waals surface area (Å²) in [6.07, 6.45) is 0.268. The van der Waals surface area contributed by atoms with Gasteiger partial charge < -0.3 is 14.8 Å². The maximum Gasteiger partial charge on any atom is 0.227 e. The summed E-state index contributed by atoms with van der Waals surface area (Å²) < 4.78 is 5.85. The van der Waals surface area contributed by atoms with Crippen LogP contribution in [0.5, 0.6) is 0 Å². The summed E-state index contributed by atoms with van der Waals surface area (Å²) in [4.78, 5) is 6.91. The minimum Gasteiger partial charge on any atom is -0.436 e. The highest BCUT2D eigenvalue weighted by Gasteiger charge is 2.15. The molecule has 25 heavy (non-hydrogen) atoms. The van der Waals surface area contributed by atoms with E-state index in [1.54, 1.807) is 0 Å². The maximum absolute atomic E-state index is 10.4. The molecule has 0 aliphatic carbocycles. The number of fused-ring (bicyclic) bond motifs is 1. The van der Waals surface area contributed by atoms with Gasteiger partial charge in [0.2, 0.25) is 5.89 Å². The van der Waals surface area contributed by atoms with E-state index in [4.69, 9.17) is 4.42 Å². The second-order valence-corrected chi connectivity index (χ2v) is 6.60. The van der Waals surface area contributed by atoms with Crippen LogP contribution in [0, 0.1) is 0 Å². The topological polar surface area (TPSA) is 61.5 Å². The number of rotatable bonds is 5. The lowest BCUT2D eigenvalue weighted by Crippen LogP contribution is -2.46. The van der Waals surface area contributed by atoms with Crippen molar-refractivity contribution >= 4 is 11.1 Å². The van der Waals surface area contributed by atoms with Gasteiger partial charge in [0.1, 0.15) is 5.52 Å². The average Bonchev–Trinajstić information content (AvgIpc) is 3.06. The number of aliphatic hydroxyl groups is 1. The summed E-state index contributed by atoms with van der Waals surface area (Å²) in [5, 5.41) is 13.7. The van der Waals surface area contributed by atoms with Crippen molar-refractivity contribution in [2.45, 2.75) is 12.5 Å². The quantitative estimate of drug-likeness (QED) is 0.748. The molecule has 1 aliphatic heterocycles. The molecule has 0 amide bonds. The molecule has 5 heteroatoms. The summed E-state index contributed by atoms with van der Waals surface area (Å²) >= 11 is 0. The van der Waals surface area contributed by atoms with Gasteiger partial charge in [0.05, 0.1) is 6.10 Å². The zero-order valence-electron chi connectivity index (χ0n) is 14.2. The van der Waals surface area contributed by atoms with Crippen molar-refractivity contribution in [3.05, 3.63) is 54.1 Å². The first-order chi connectivity index (χ1) is 12.3. The first-order valence-corrected chi connectivity index (χ1v) is 8.84. The van der Waals surface area contributed by atoms with Crippen molar-refractivity contribution in [2.75, 3.05) is 32.7 Å². The lowest BCUT2D eigenvalue weighted by atomic mass is 10.1. The van der Waals surface area contributed by atoms with Crippen molar-refractivity contribution in [2.24, 2.45) is 0 Å². The molecule has 4 rings (SSSR count). The number of hydrogen-bond acceptors (Lipinski definition) is 5. The first kappa shape index (κ1) is 16.3. The van der Waals surface area contributed by atoms with Crippen molar-refractivity contribution in [3.8, 4) is 11.5 Å². The normalized spacial score (nSPS) is 17.0. The lowest BCUT2D eigenvalue weighted by Gasteiger charge is -2.29. The van der Waals surface area contributed by atoms with Gasteiger partial charge in [0.25, 0.3) is 0 Å². The highest BCUT2D eigenvalue weighted by Crippen LogP contribution is 2.25. The second-order valence-electron chi connectivity index (χ2n) is 6.60. The van der Waals surface area contributed by atoms with E-state index in [2.05, 4.69) is 15.2 Å². The molecule has 0 spiro atoms. The number of aliphatic hydroxyl groups excluding tert-OH is 1. The van der Waals surface area contributed by atoms with Gasteiger partial charge in [-0.1, -0.05) is 24.3 Å². The van der Waals surface area contributed by atoms with Crippen LogP contribution in [-0.4, -0.2) is 53.8 Å². The predicted octanol–water partition coefficient (Wildman–Crippen LogP) is 2.30. The summed E-state index contributed by atoms with van der Waals surface area (Å²) in [6, 6.07) is 15.9. The lowest BCUT2D eigenvalue weighted by molar-refractivity contribution is 0.105. The number of β-amino-alcohol motifs (C(OH)–C–C–N with tert-alkyl or cyclic N) is 1. The molecule has 2 heterocycles. The molecule has 1 aliphatic rings. The van der Waals surface area contributed by atoms with Crippen LogP contribution in [0.2, 0.25) is 0 Å². The molecule has 0 saturated carbocycles. The van der Waals surface area contributed by atoms with Gasteiger partial charge in [-0.2, -0.15) is 0 Å². The average molecular weight is 337 g/mol. The van der Waals surface area contributed by atoms with E-state index in [-0.39, 0.29) is 6.10 Å². The van der Waals surface area contributed by atoms with Crippen LogP contribution in [0.4, 0.5) is 0 Å². The van der Waals surface area contributed by atoms with Gasteiger partial charge in [-0.15, -0.1) is 0 Å². The van der Waals surface area contributed by atoms with Crippen molar-refractivity contribution in [1.82, 2.24) is 15.2 Å². The summed E-state index contributed by atoms with van der Waals surface area (Å²) in [7, 11) is 0. The molecule has 130 valence electrons. The van der Waals surface area contributed by atoms with E-state index in [1.807, 2.05) is 48.5 Å². The smallest absolute Gasteiger partial charge is 0.227 e. The Morgan fingerprint density at radius 2 is 1.92 bits per heavy atom. The minimum absolute atomic E-state index is 0.365. The third-order valence-corrected chi connectivity index (χ3v) is 4.62. The van der Waals surface area contributed by atoms with Gasteiger partial charge in [-0.3, -0.25) is 4.90 Å². The van der Waals surface area contributed by atoms with Crippen LogP contribution >= 0.6 is 0 Å². The number of hydrogen-bond donors (Lipinski definition) is 2. The van der Waals surface area contributed by atoms with Crippen molar-refractivity contribution in [3.63, 3.8) is 0 Å². The van der Waals surface area contributed by atoms with E-state index in [9.17, 15) is 5.11 Å². The Kier molecular flexibility index (Phi) is 4.78. The Morgan fingerprint density at radius 1 is 1.12 bits per heavy atom. The molecule has 1 aromatic heterocycles. The van der Waals surface area contributed by atoms with Crippen LogP contribution in [0.1, 0.15) is 5.56 Å². The van der Waals surface area contributed by atoms with Crippen molar-refractivity contribution in [1.29, 1.82) is 0 Å². The third-order valence-electron chi connectivity index (χ3n) is 4.62. The van der Waals surface area contributed by atoms with Gasteiger partial charge in [0, 0.05) is 38.3 Å². The second kappa shape index (κ2) is 7.35. The molecule has 0 bridgehead atoms. The van der Waals surface area contributed by atoms with Crippen LogP contribution in [0.25, 0.3) is 22.6 Å². The summed E-state index contributed by atoms with van der Waals surface area (Å²) in [5.41, 5.74) is 3.67. The molecule has 1 atom stereocenters. The van der Waals surface area contributed by atoms with Crippen LogP contribution in [0.3, 0.4) is 0 Å². The van der Waals surface area contributed by atoms with Crippen LogP contribution in [0.15, 0.2) is 52.9 Å². The maximum atomic E-state index is 10.4. The molecule has 5 nitrogen and oxygen atoms in total. The number of oxazole rings is 1. The Bertz CT molecular complexity index is 825. The van der Waals surface area contributed by atoms with Crippen molar-refractivity contribution < 1.29 is 9.52 Å². The van der Waals surface area contributed by atoms with E-state index >= 15 is 0 Å². The molecule has 2 N–H and O–H groups in total. The zero-order valence-corrected chi connectivity index (χ0v) is 14.2. The zero-order chi connectivity index (χ0) is 17.1. The molecule has 0 radical (unpaired) electrons. The Hall–Kier alpha value is -2.21. The Balaban J connectivity index is 1.47. The predicted molar refractivity (Wildman–Crippen MR) is 98.5 cm³/mol. The number of nitrogens with zero attached hydrogens (tertiary/aromatic N) is 2. The van der Waals surface area contributed by atoms with Crippen LogP contribution < -0.4 is 5.32 Å². The minimum atomic E-state index is -0.365. The fourth-order valence-corrected chi connectivity index (χ4v) is 3.33. The van der Waals surface area contributed by atoms with E-state index in [0.29, 0.717) is 18.9 Å². The van der Waals surface area contributed by atoms with Gasteiger partial charge in [-0.25, -0.2) is 4.98 Å². The van der Waals surface area contributed by atoms with E-state index < -0.39 is 0 Å². The number of nitrogens with one attached hydrogen (secondary N) is 1. The SMILES string of the molecule is OC(Cc1ccc2oc(-c3ccccc3)nc2c1)CN1CCNCC1. The fourth-order valence-electron chi connectivity index (χ4n) is 3.33. The largest absolute Gasteiger partial charge is 0.436 e. The first-order valence-electron chi connectivity index (χ1n) is 8.84. The van der Waals surface area contributed by atoms with E-state index in [1.165, 1.54) is 0 Å². The number of benzene rings is 2. The highest BCUT2D eigenvalue weighted by atomic mass is 16.3. The van der Waals surface area contributed by atoms with E-state index in [0.717, 1.165) is 48.4 Å². The Labute approximate surface area is 147 Å². The number of piperazine rings is 1. The monoisotopic (exact) mass is 337 g/mol. The third kappa shape index (κ3) is 3.90. The fraction of sp³-hybridized carbons (Fsp3) is 0.350. The molecule has 3 aromatic rings. The molecule has 1 saturated heterocycles. The summed E-state index contributed by atoms with van der Waals surface area (Å²) in [5.74, 6) is 0.633. The van der Waals surface area contributed by atoms with Gasteiger partial charge >= 0.3 is 0 Å². The van der Waals surface area contributed by atoms with Crippen LogP contribution in [-0.2, 0) is 6.42 Å². The van der Waals surface area contributed by atoms with Gasteiger partial charge in [0.15, 0.2) is 5.58 Å². The molecule has 1 fully saturated rings. The highest BCUT2D eigenvalue weighted by molar-refractivity contribution is 5.76. The molecular weight excluding hydrogens is 314 g/mol. The standard InChI is InChI=1S/C20H23N3O2/c24-17(14-23-10-8-21-9-11-23)12-15-6-7-19-18(13-15)22-20(25-19)16-4-2-1-3-5-16/h1-7,13,17,21,24H,8-12,14H2.